The van der Waals surface area contributed by atoms with Crippen LogP contribution >= 0.6 is 23.2 Å². The van der Waals surface area contributed by atoms with E-state index in [4.69, 9.17) is 32.4 Å². The number of ketones is 1. The second kappa shape index (κ2) is 8.28. The molecule has 0 unspecified atom stereocenters. The van der Waals surface area contributed by atoms with Crippen molar-refractivity contribution >= 4 is 40.9 Å². The molecular weight excluding hydrogens is 393 g/mol. The molecule has 1 amide bonds. The molecule has 0 saturated heterocycles. The maximum atomic E-state index is 11.9. The molecule has 140 valence electrons. The van der Waals surface area contributed by atoms with E-state index in [9.17, 15) is 9.59 Å². The number of amides is 1. The van der Waals surface area contributed by atoms with Crippen molar-refractivity contribution in [3.05, 3.63) is 69.7 Å². The maximum absolute atomic E-state index is 11.9. The fraction of sp³-hybridized carbons (Fsp3) is 0.167. The first-order valence-corrected chi connectivity index (χ1v) is 8.68. The van der Waals surface area contributed by atoms with Gasteiger partial charge in [0.05, 0.1) is 6.54 Å². The summed E-state index contributed by atoms with van der Waals surface area (Å²) in [6.07, 6.45) is 0.976. The first-order chi connectivity index (χ1) is 12.9. The average Bonchev–Trinajstić information content (AvgIpc) is 3.24. The van der Waals surface area contributed by atoms with Crippen LogP contribution in [0.25, 0.3) is 0 Å². The van der Waals surface area contributed by atoms with E-state index in [1.54, 1.807) is 47.3 Å². The molecule has 0 aliphatic rings. The van der Waals surface area contributed by atoms with Gasteiger partial charge in [-0.3, -0.25) is 14.8 Å². The summed E-state index contributed by atoms with van der Waals surface area (Å²) in [7, 11) is 0. The number of rotatable bonds is 6. The number of aromatic nitrogens is 2. The van der Waals surface area contributed by atoms with Gasteiger partial charge < -0.3 is 9.15 Å². The molecule has 0 bridgehead atoms. The molecule has 0 aliphatic heterocycles. The average molecular weight is 408 g/mol. The highest BCUT2D eigenvalue weighted by molar-refractivity contribution is 6.35. The highest BCUT2D eigenvalue weighted by atomic mass is 35.5. The number of hydrogen-bond donors (Lipinski definition) is 1. The van der Waals surface area contributed by atoms with Crippen molar-refractivity contribution in [2.45, 2.75) is 20.1 Å². The van der Waals surface area contributed by atoms with Gasteiger partial charge in [0.25, 0.3) is 0 Å². The number of benzene rings is 1. The van der Waals surface area contributed by atoms with E-state index in [1.807, 2.05) is 0 Å². The summed E-state index contributed by atoms with van der Waals surface area (Å²) in [5.74, 6) is 1.03. The second-order valence-corrected chi connectivity index (χ2v) is 6.44. The van der Waals surface area contributed by atoms with Crippen LogP contribution in [-0.4, -0.2) is 21.7 Å². The summed E-state index contributed by atoms with van der Waals surface area (Å²) in [5, 5.41) is 7.55. The molecule has 0 spiro atoms. The Morgan fingerprint density at radius 3 is 2.59 bits per heavy atom. The zero-order valence-corrected chi connectivity index (χ0v) is 15.8. The molecule has 3 rings (SSSR count). The summed E-state index contributed by atoms with van der Waals surface area (Å²) in [6.45, 7) is 1.68. The Hall–Kier alpha value is -2.77. The maximum Gasteiger partial charge on any atom is 0.413 e. The monoisotopic (exact) mass is 407 g/mol. The Bertz CT molecular complexity index is 960. The zero-order chi connectivity index (χ0) is 19.4. The number of anilines is 1. The van der Waals surface area contributed by atoms with Crippen LogP contribution in [0.2, 0.25) is 10.0 Å². The van der Waals surface area contributed by atoms with E-state index in [1.165, 1.54) is 6.92 Å². The lowest BCUT2D eigenvalue weighted by Crippen LogP contribution is -2.14. The van der Waals surface area contributed by atoms with Crippen molar-refractivity contribution in [1.29, 1.82) is 0 Å². The lowest BCUT2D eigenvalue weighted by molar-refractivity contribution is 0.0985. The minimum Gasteiger partial charge on any atom is -0.456 e. The number of Topliss-reactive ketones (excluding diaryl/α,β-unsaturated/α-hetero) is 1. The van der Waals surface area contributed by atoms with Gasteiger partial charge in [-0.2, -0.15) is 5.10 Å². The van der Waals surface area contributed by atoms with Gasteiger partial charge >= 0.3 is 6.09 Å². The van der Waals surface area contributed by atoms with E-state index in [0.717, 1.165) is 0 Å². The summed E-state index contributed by atoms with van der Waals surface area (Å²) in [6, 6.07) is 9.96. The Labute approximate surface area is 164 Å². The van der Waals surface area contributed by atoms with Gasteiger partial charge in [0.1, 0.15) is 12.4 Å². The van der Waals surface area contributed by atoms with Crippen LogP contribution < -0.4 is 5.32 Å². The Morgan fingerprint density at radius 2 is 1.93 bits per heavy atom. The summed E-state index contributed by atoms with van der Waals surface area (Å²) in [5.41, 5.74) is 0.528. The molecule has 0 saturated carbocycles. The standard InChI is InChI=1S/C18H15Cl2N3O4/c1-11(24)16-6-5-12(27-16)9-23-8-7-17(22-23)21-18(25)26-10-13-14(19)3-2-4-15(13)20/h2-8H,9-10H2,1H3,(H,21,22,25). The first-order valence-electron chi connectivity index (χ1n) is 7.92. The summed E-state index contributed by atoms with van der Waals surface area (Å²) in [4.78, 5) is 23.2. The molecule has 0 radical (unpaired) electrons. The fourth-order valence-electron chi connectivity index (χ4n) is 2.28. The van der Waals surface area contributed by atoms with Crippen LogP contribution in [0.15, 0.2) is 47.0 Å². The molecule has 0 atom stereocenters. The molecule has 1 aromatic carbocycles. The predicted octanol–water partition coefficient (Wildman–Crippen LogP) is 4.78. The van der Waals surface area contributed by atoms with Crippen LogP contribution in [0.4, 0.5) is 10.6 Å². The van der Waals surface area contributed by atoms with Gasteiger partial charge in [-0.15, -0.1) is 0 Å². The SMILES string of the molecule is CC(=O)c1ccc(Cn2ccc(NC(=O)OCc3c(Cl)cccc3Cl)n2)o1. The van der Waals surface area contributed by atoms with Crippen LogP contribution in [0.5, 0.6) is 0 Å². The van der Waals surface area contributed by atoms with Crippen molar-refractivity contribution in [2.75, 3.05) is 5.32 Å². The Balaban J connectivity index is 1.55. The Kier molecular flexibility index (Phi) is 5.83. The normalized spacial score (nSPS) is 10.6. The van der Waals surface area contributed by atoms with Crippen LogP contribution in [0.3, 0.4) is 0 Å². The minimum atomic E-state index is -0.687. The number of furan rings is 1. The van der Waals surface area contributed by atoms with Crippen LogP contribution in [-0.2, 0) is 17.9 Å². The molecule has 1 N–H and O–H groups in total. The van der Waals surface area contributed by atoms with Crippen molar-refractivity contribution in [3.8, 4) is 0 Å². The molecule has 7 nitrogen and oxygen atoms in total. The van der Waals surface area contributed by atoms with E-state index < -0.39 is 6.09 Å². The molecule has 27 heavy (non-hydrogen) atoms. The topological polar surface area (TPSA) is 86.4 Å². The fourth-order valence-corrected chi connectivity index (χ4v) is 2.78. The quantitative estimate of drug-likeness (QED) is 0.593. The minimum absolute atomic E-state index is 0.0642. The number of carbonyl (C=O) groups excluding carboxylic acids is 2. The lowest BCUT2D eigenvalue weighted by atomic mass is 10.2. The van der Waals surface area contributed by atoms with Crippen LogP contribution in [0.1, 0.15) is 28.8 Å². The van der Waals surface area contributed by atoms with Crippen molar-refractivity contribution in [1.82, 2.24) is 9.78 Å². The summed E-state index contributed by atoms with van der Waals surface area (Å²) >= 11 is 12.1. The third-order valence-electron chi connectivity index (χ3n) is 3.61. The van der Waals surface area contributed by atoms with E-state index in [2.05, 4.69) is 10.4 Å². The number of halogens is 2. The number of hydrogen-bond acceptors (Lipinski definition) is 5. The molecule has 0 aliphatic carbocycles. The molecule has 9 heteroatoms. The van der Waals surface area contributed by atoms with Gasteiger partial charge in [0.2, 0.25) is 0 Å². The molecule has 3 aromatic rings. The molecule has 2 heterocycles. The van der Waals surface area contributed by atoms with E-state index in [-0.39, 0.29) is 18.2 Å². The third kappa shape index (κ3) is 4.90. The number of nitrogens with one attached hydrogen (secondary N) is 1. The Morgan fingerprint density at radius 1 is 1.19 bits per heavy atom. The van der Waals surface area contributed by atoms with E-state index in [0.29, 0.717) is 33.7 Å². The van der Waals surface area contributed by atoms with Crippen molar-refractivity contribution in [2.24, 2.45) is 0 Å². The number of ether oxygens (including phenoxy) is 1. The predicted molar refractivity (Wildman–Crippen MR) is 100 cm³/mol. The van der Waals surface area contributed by atoms with E-state index >= 15 is 0 Å². The van der Waals surface area contributed by atoms with Gasteiger partial charge in [0.15, 0.2) is 17.4 Å². The number of nitrogens with zero attached hydrogens (tertiary/aromatic N) is 2. The molecule has 0 fully saturated rings. The number of carbonyl (C=O) groups is 2. The first kappa shape index (κ1) is 19.0. The van der Waals surface area contributed by atoms with Gasteiger partial charge in [0, 0.05) is 34.8 Å². The van der Waals surface area contributed by atoms with Crippen molar-refractivity contribution < 1.29 is 18.7 Å². The van der Waals surface area contributed by atoms with Crippen LogP contribution in [0, 0.1) is 0 Å². The largest absolute Gasteiger partial charge is 0.456 e. The van der Waals surface area contributed by atoms with Gasteiger partial charge in [-0.1, -0.05) is 29.3 Å². The third-order valence-corrected chi connectivity index (χ3v) is 4.31. The molecular formula is C18H15Cl2N3O4. The highest BCUT2D eigenvalue weighted by Crippen LogP contribution is 2.25. The van der Waals surface area contributed by atoms with Crippen molar-refractivity contribution in [3.63, 3.8) is 0 Å². The summed E-state index contributed by atoms with van der Waals surface area (Å²) < 4.78 is 12.1. The smallest absolute Gasteiger partial charge is 0.413 e. The van der Waals surface area contributed by atoms with Gasteiger partial charge in [-0.25, -0.2) is 4.79 Å². The second-order valence-electron chi connectivity index (χ2n) is 5.62. The lowest BCUT2D eigenvalue weighted by Gasteiger charge is -2.08. The zero-order valence-electron chi connectivity index (χ0n) is 14.2. The van der Waals surface area contributed by atoms with Gasteiger partial charge in [-0.05, 0) is 24.3 Å². The highest BCUT2D eigenvalue weighted by Gasteiger charge is 2.11. The molecule has 2 aromatic heterocycles.